The Bertz CT molecular complexity index is 367. The summed E-state index contributed by atoms with van der Waals surface area (Å²) in [6.07, 6.45) is 1.22. The van der Waals surface area contributed by atoms with Gasteiger partial charge in [-0.25, -0.2) is 0 Å². The first-order valence-electron chi connectivity index (χ1n) is 5.72. The molecule has 1 aromatic carbocycles. The van der Waals surface area contributed by atoms with E-state index in [4.69, 9.17) is 16.3 Å². The second-order valence-electron chi connectivity index (χ2n) is 4.66. The number of rotatable bonds is 3. The van der Waals surface area contributed by atoms with Gasteiger partial charge in [0.1, 0.15) is 5.75 Å². The summed E-state index contributed by atoms with van der Waals surface area (Å²) in [5, 5.41) is 0.706. The van der Waals surface area contributed by atoms with E-state index in [-0.39, 0.29) is 0 Å². The Hall–Kier alpha value is -0.730. The molecule has 2 rings (SSSR count). The van der Waals surface area contributed by atoms with Crippen LogP contribution < -0.4 is 4.74 Å². The highest BCUT2D eigenvalue weighted by molar-refractivity contribution is 6.32. The lowest BCUT2D eigenvalue weighted by molar-refractivity contribution is 0.249. The lowest BCUT2D eigenvalue weighted by atomic mass is 10.1. The summed E-state index contributed by atoms with van der Waals surface area (Å²) in [5.41, 5.74) is 1.18. The van der Waals surface area contributed by atoms with Crippen molar-refractivity contribution >= 4 is 11.6 Å². The Morgan fingerprint density at radius 3 is 3.00 bits per heavy atom. The van der Waals surface area contributed by atoms with Crippen LogP contribution in [-0.2, 0) is 0 Å². The van der Waals surface area contributed by atoms with Gasteiger partial charge in [0, 0.05) is 12.5 Å². The first kappa shape index (κ1) is 11.7. The minimum atomic E-state index is 0.640. The summed E-state index contributed by atoms with van der Waals surface area (Å²) in [6.45, 7) is 5.12. The van der Waals surface area contributed by atoms with E-state index in [1.165, 1.54) is 18.5 Å². The third kappa shape index (κ3) is 2.89. The molecule has 0 saturated carbocycles. The normalized spacial score (nSPS) is 21.3. The lowest BCUT2D eigenvalue weighted by Gasteiger charge is -2.13. The second-order valence-corrected chi connectivity index (χ2v) is 5.07. The maximum atomic E-state index is 6.07. The Balaban J connectivity index is 1.91. The van der Waals surface area contributed by atoms with Gasteiger partial charge in [0.2, 0.25) is 0 Å². The average Bonchev–Trinajstić information content (AvgIpc) is 2.66. The number of likely N-dealkylation sites (tertiary alicyclic amines) is 1. The molecule has 3 heteroatoms. The van der Waals surface area contributed by atoms with Crippen molar-refractivity contribution in [3.05, 3.63) is 28.8 Å². The van der Waals surface area contributed by atoms with Crippen molar-refractivity contribution in [3.8, 4) is 5.75 Å². The first-order chi connectivity index (χ1) is 7.65. The topological polar surface area (TPSA) is 12.5 Å². The van der Waals surface area contributed by atoms with Crippen molar-refractivity contribution < 1.29 is 4.74 Å². The number of hydrogen-bond donors (Lipinski definition) is 0. The Morgan fingerprint density at radius 1 is 1.50 bits per heavy atom. The monoisotopic (exact) mass is 239 g/mol. The molecule has 0 spiro atoms. The SMILES string of the molecule is Cc1ccc(Cl)c(OCC2CCN(C)C2)c1. The molecule has 16 heavy (non-hydrogen) atoms. The average molecular weight is 240 g/mol. The first-order valence-corrected chi connectivity index (χ1v) is 6.10. The van der Waals surface area contributed by atoms with Gasteiger partial charge in [-0.3, -0.25) is 0 Å². The van der Waals surface area contributed by atoms with Crippen LogP contribution >= 0.6 is 11.6 Å². The van der Waals surface area contributed by atoms with Crippen molar-refractivity contribution in [2.45, 2.75) is 13.3 Å². The zero-order valence-corrected chi connectivity index (χ0v) is 10.6. The maximum Gasteiger partial charge on any atom is 0.138 e. The van der Waals surface area contributed by atoms with E-state index in [9.17, 15) is 0 Å². The molecular formula is C13H18ClNO. The zero-order valence-electron chi connectivity index (χ0n) is 9.87. The molecule has 2 nitrogen and oxygen atoms in total. The van der Waals surface area contributed by atoms with Gasteiger partial charge in [-0.2, -0.15) is 0 Å². The second kappa shape index (κ2) is 5.07. The molecule has 1 aliphatic heterocycles. The van der Waals surface area contributed by atoms with Crippen molar-refractivity contribution in [3.63, 3.8) is 0 Å². The van der Waals surface area contributed by atoms with E-state index in [2.05, 4.69) is 11.9 Å². The van der Waals surface area contributed by atoms with Crippen molar-refractivity contribution in [1.82, 2.24) is 4.90 Å². The standard InChI is InChI=1S/C13H18ClNO/c1-10-3-4-12(14)13(7-10)16-9-11-5-6-15(2)8-11/h3-4,7,11H,5-6,8-9H2,1-2H3. The number of halogens is 1. The highest BCUT2D eigenvalue weighted by Crippen LogP contribution is 2.26. The summed E-state index contributed by atoms with van der Waals surface area (Å²) in [4.78, 5) is 2.34. The van der Waals surface area contributed by atoms with Crippen LogP contribution in [0.25, 0.3) is 0 Å². The molecule has 1 unspecified atom stereocenters. The number of nitrogens with zero attached hydrogens (tertiary/aromatic N) is 1. The predicted octanol–water partition coefficient (Wildman–Crippen LogP) is 2.98. The number of aryl methyl sites for hydroxylation is 1. The van der Waals surface area contributed by atoms with Crippen molar-refractivity contribution in [2.75, 3.05) is 26.7 Å². The van der Waals surface area contributed by atoms with Gasteiger partial charge in [-0.05, 0) is 44.6 Å². The fourth-order valence-corrected chi connectivity index (χ4v) is 2.26. The van der Waals surface area contributed by atoms with Crippen LogP contribution in [0.1, 0.15) is 12.0 Å². The summed E-state index contributed by atoms with van der Waals surface area (Å²) >= 11 is 6.07. The highest BCUT2D eigenvalue weighted by Gasteiger charge is 2.20. The summed E-state index contributed by atoms with van der Waals surface area (Å²) in [5.74, 6) is 1.46. The van der Waals surface area contributed by atoms with Crippen LogP contribution in [0.4, 0.5) is 0 Å². The van der Waals surface area contributed by atoms with Gasteiger partial charge in [-0.1, -0.05) is 17.7 Å². The van der Waals surface area contributed by atoms with Gasteiger partial charge in [0.05, 0.1) is 11.6 Å². The van der Waals surface area contributed by atoms with Crippen molar-refractivity contribution in [2.24, 2.45) is 5.92 Å². The fourth-order valence-electron chi connectivity index (χ4n) is 2.09. The Labute approximate surface area is 102 Å². The molecule has 1 heterocycles. The van der Waals surface area contributed by atoms with Gasteiger partial charge in [0.15, 0.2) is 0 Å². The van der Waals surface area contributed by atoms with E-state index < -0.39 is 0 Å². The molecular weight excluding hydrogens is 222 g/mol. The van der Waals surface area contributed by atoms with Crippen molar-refractivity contribution in [1.29, 1.82) is 0 Å². The number of ether oxygens (including phenoxy) is 1. The fraction of sp³-hybridized carbons (Fsp3) is 0.538. The van der Waals surface area contributed by atoms with Gasteiger partial charge in [-0.15, -0.1) is 0 Å². The zero-order chi connectivity index (χ0) is 11.5. The Kier molecular flexibility index (Phi) is 3.72. The largest absolute Gasteiger partial charge is 0.492 e. The van der Waals surface area contributed by atoms with E-state index in [1.54, 1.807) is 0 Å². The summed E-state index contributed by atoms with van der Waals surface area (Å²) < 4.78 is 5.79. The quantitative estimate of drug-likeness (QED) is 0.804. The number of benzene rings is 1. The van der Waals surface area contributed by atoms with Crippen LogP contribution in [0, 0.1) is 12.8 Å². The lowest BCUT2D eigenvalue weighted by Crippen LogP contribution is -2.18. The number of hydrogen-bond acceptors (Lipinski definition) is 2. The molecule has 0 aromatic heterocycles. The van der Waals surface area contributed by atoms with Crippen LogP contribution in [0.3, 0.4) is 0 Å². The van der Waals surface area contributed by atoms with Gasteiger partial charge < -0.3 is 9.64 Å². The van der Waals surface area contributed by atoms with Crippen LogP contribution in [0.2, 0.25) is 5.02 Å². The molecule has 88 valence electrons. The summed E-state index contributed by atoms with van der Waals surface area (Å²) in [6, 6.07) is 5.90. The maximum absolute atomic E-state index is 6.07. The molecule has 1 aliphatic rings. The van der Waals surface area contributed by atoms with Gasteiger partial charge in [0.25, 0.3) is 0 Å². The van der Waals surface area contributed by atoms with E-state index in [1.807, 2.05) is 25.1 Å². The van der Waals surface area contributed by atoms with Crippen LogP contribution in [-0.4, -0.2) is 31.6 Å². The van der Waals surface area contributed by atoms with Crippen LogP contribution in [0.15, 0.2) is 18.2 Å². The molecule has 1 aromatic rings. The smallest absolute Gasteiger partial charge is 0.138 e. The molecule has 1 atom stereocenters. The molecule has 1 saturated heterocycles. The molecule has 1 fully saturated rings. The third-order valence-electron chi connectivity index (χ3n) is 3.05. The van der Waals surface area contributed by atoms with E-state index in [0.29, 0.717) is 10.9 Å². The molecule has 0 amide bonds. The van der Waals surface area contributed by atoms with E-state index >= 15 is 0 Å². The highest BCUT2D eigenvalue weighted by atomic mass is 35.5. The third-order valence-corrected chi connectivity index (χ3v) is 3.36. The van der Waals surface area contributed by atoms with E-state index in [0.717, 1.165) is 18.9 Å². The molecule has 0 radical (unpaired) electrons. The molecule has 0 N–H and O–H groups in total. The summed E-state index contributed by atoms with van der Waals surface area (Å²) in [7, 11) is 2.15. The molecule has 0 aliphatic carbocycles. The minimum absolute atomic E-state index is 0.640. The van der Waals surface area contributed by atoms with Gasteiger partial charge >= 0.3 is 0 Å². The molecule has 0 bridgehead atoms. The predicted molar refractivity (Wildman–Crippen MR) is 67.3 cm³/mol. The minimum Gasteiger partial charge on any atom is -0.492 e. The Morgan fingerprint density at radius 2 is 2.31 bits per heavy atom. The van der Waals surface area contributed by atoms with Crippen LogP contribution in [0.5, 0.6) is 5.75 Å².